The Labute approximate surface area is 144 Å². The van der Waals surface area contributed by atoms with Crippen LogP contribution in [-0.4, -0.2) is 59.7 Å². The maximum atomic E-state index is 12.1. The summed E-state index contributed by atoms with van der Waals surface area (Å²) >= 11 is -0.333. The minimum Gasteiger partial charge on any atom is -0.325 e. The fourth-order valence-electron chi connectivity index (χ4n) is 2.56. The number of nitrogens with one attached hydrogen (secondary N) is 1. The molecule has 0 unspecified atom stereocenters. The van der Waals surface area contributed by atoms with Crippen LogP contribution in [0.2, 0.25) is 0 Å². The van der Waals surface area contributed by atoms with Crippen LogP contribution in [0.3, 0.4) is 0 Å². The minimum absolute atomic E-state index is 0.333. The maximum absolute atomic E-state index is 12.1. The fraction of sp³-hybridized carbons (Fsp3) is 0.562. The summed E-state index contributed by atoms with van der Waals surface area (Å²) in [5.41, 5.74) is -2.74. The first-order chi connectivity index (χ1) is 11.4. The standard InChI is InChI=1S/C16H22F3N3OS/c1-2-21-7-9-22(10-8-21)11-13-3-5-14(6-4-13)20-15(23)12-24-16(17,18)19/h3-6H,2,7-12H2,1H3,(H,20,23). The van der Waals surface area contributed by atoms with Gasteiger partial charge in [-0.15, -0.1) is 0 Å². The van der Waals surface area contributed by atoms with Crippen LogP contribution in [-0.2, 0) is 11.3 Å². The van der Waals surface area contributed by atoms with Gasteiger partial charge in [-0.05, 0) is 36.0 Å². The highest BCUT2D eigenvalue weighted by Crippen LogP contribution is 2.29. The molecule has 1 saturated heterocycles. The van der Waals surface area contributed by atoms with Gasteiger partial charge < -0.3 is 10.2 Å². The maximum Gasteiger partial charge on any atom is 0.442 e. The van der Waals surface area contributed by atoms with E-state index >= 15 is 0 Å². The Kier molecular flexibility index (Phi) is 6.94. The number of anilines is 1. The zero-order valence-electron chi connectivity index (χ0n) is 13.6. The molecule has 0 saturated carbocycles. The van der Waals surface area contributed by atoms with Gasteiger partial charge in [0.15, 0.2) is 0 Å². The Morgan fingerprint density at radius 3 is 2.25 bits per heavy atom. The molecule has 1 aliphatic heterocycles. The fourth-order valence-corrected chi connectivity index (χ4v) is 2.93. The lowest BCUT2D eigenvalue weighted by molar-refractivity contribution is -0.114. The lowest BCUT2D eigenvalue weighted by Crippen LogP contribution is -2.45. The molecule has 0 atom stereocenters. The van der Waals surface area contributed by atoms with Gasteiger partial charge in [-0.1, -0.05) is 19.1 Å². The number of nitrogens with zero attached hydrogens (tertiary/aromatic N) is 2. The molecule has 0 aliphatic carbocycles. The lowest BCUT2D eigenvalue weighted by Gasteiger charge is -2.34. The second-order valence-electron chi connectivity index (χ2n) is 5.69. The molecule has 4 nitrogen and oxygen atoms in total. The summed E-state index contributed by atoms with van der Waals surface area (Å²) in [7, 11) is 0. The van der Waals surface area contributed by atoms with Gasteiger partial charge in [0, 0.05) is 38.4 Å². The molecule has 2 rings (SSSR count). The third-order valence-electron chi connectivity index (χ3n) is 3.92. The molecule has 0 aromatic heterocycles. The van der Waals surface area contributed by atoms with Crippen LogP contribution in [0, 0.1) is 0 Å². The molecule has 0 bridgehead atoms. The van der Waals surface area contributed by atoms with Gasteiger partial charge >= 0.3 is 5.51 Å². The van der Waals surface area contributed by atoms with Crippen molar-refractivity contribution in [2.75, 3.05) is 43.8 Å². The van der Waals surface area contributed by atoms with Crippen LogP contribution < -0.4 is 5.32 Å². The first-order valence-corrected chi connectivity index (χ1v) is 8.88. The average molecular weight is 361 g/mol. The highest BCUT2D eigenvalue weighted by atomic mass is 32.2. The third kappa shape index (κ3) is 6.70. The Morgan fingerprint density at radius 1 is 1.12 bits per heavy atom. The Bertz CT molecular complexity index is 528. The second-order valence-corrected chi connectivity index (χ2v) is 6.73. The molecular weight excluding hydrogens is 339 g/mol. The van der Waals surface area contributed by atoms with Crippen molar-refractivity contribution in [3.8, 4) is 0 Å². The number of amides is 1. The lowest BCUT2D eigenvalue weighted by atomic mass is 10.1. The number of hydrogen-bond donors (Lipinski definition) is 1. The van der Waals surface area contributed by atoms with Gasteiger partial charge in [0.1, 0.15) is 0 Å². The van der Waals surface area contributed by atoms with Crippen molar-refractivity contribution in [2.24, 2.45) is 0 Å². The van der Waals surface area contributed by atoms with Gasteiger partial charge in [-0.3, -0.25) is 9.69 Å². The zero-order chi connectivity index (χ0) is 17.6. The summed E-state index contributed by atoms with van der Waals surface area (Å²) < 4.78 is 36.2. The summed E-state index contributed by atoms with van der Waals surface area (Å²) in [5, 5.41) is 2.48. The van der Waals surface area contributed by atoms with E-state index in [9.17, 15) is 18.0 Å². The molecule has 8 heteroatoms. The van der Waals surface area contributed by atoms with Gasteiger partial charge in [0.2, 0.25) is 5.91 Å². The third-order valence-corrected chi connectivity index (χ3v) is 4.66. The van der Waals surface area contributed by atoms with E-state index in [1.54, 1.807) is 12.1 Å². The van der Waals surface area contributed by atoms with Crippen LogP contribution in [0.4, 0.5) is 18.9 Å². The number of carbonyl (C=O) groups excluding carboxylic acids is 1. The van der Waals surface area contributed by atoms with Crippen LogP contribution in [0.15, 0.2) is 24.3 Å². The molecule has 24 heavy (non-hydrogen) atoms. The largest absolute Gasteiger partial charge is 0.442 e. The van der Waals surface area contributed by atoms with E-state index in [2.05, 4.69) is 22.0 Å². The topological polar surface area (TPSA) is 35.6 Å². The number of likely N-dealkylation sites (N-methyl/N-ethyl adjacent to an activating group) is 1. The second kappa shape index (κ2) is 8.73. The van der Waals surface area contributed by atoms with Crippen molar-refractivity contribution < 1.29 is 18.0 Å². The molecule has 1 aliphatic rings. The van der Waals surface area contributed by atoms with E-state index < -0.39 is 17.2 Å². The van der Waals surface area contributed by atoms with Crippen LogP contribution in [0.5, 0.6) is 0 Å². The van der Waals surface area contributed by atoms with E-state index in [1.165, 1.54) is 0 Å². The van der Waals surface area contributed by atoms with Crippen molar-refractivity contribution in [1.82, 2.24) is 9.80 Å². The first kappa shape index (κ1) is 19.1. The first-order valence-electron chi connectivity index (χ1n) is 7.90. The number of benzene rings is 1. The van der Waals surface area contributed by atoms with E-state index in [0.717, 1.165) is 44.8 Å². The molecule has 1 aromatic carbocycles. The molecule has 1 heterocycles. The summed E-state index contributed by atoms with van der Waals surface area (Å²) in [6.45, 7) is 8.28. The number of carbonyl (C=O) groups is 1. The number of piperazine rings is 1. The molecule has 134 valence electrons. The Morgan fingerprint density at radius 2 is 1.71 bits per heavy atom. The van der Waals surface area contributed by atoms with Crippen molar-refractivity contribution in [3.05, 3.63) is 29.8 Å². The quantitative estimate of drug-likeness (QED) is 0.845. The minimum atomic E-state index is -4.39. The van der Waals surface area contributed by atoms with E-state index in [1.807, 2.05) is 12.1 Å². The van der Waals surface area contributed by atoms with E-state index in [4.69, 9.17) is 0 Å². The molecular formula is C16H22F3N3OS. The van der Waals surface area contributed by atoms with Crippen molar-refractivity contribution >= 4 is 23.4 Å². The molecule has 1 aromatic rings. The smallest absolute Gasteiger partial charge is 0.325 e. The van der Waals surface area contributed by atoms with Gasteiger partial charge in [0.05, 0.1) is 5.75 Å². The molecule has 0 spiro atoms. The number of rotatable bonds is 6. The van der Waals surface area contributed by atoms with Gasteiger partial charge in [-0.25, -0.2) is 0 Å². The molecule has 1 fully saturated rings. The zero-order valence-corrected chi connectivity index (χ0v) is 14.4. The van der Waals surface area contributed by atoms with Crippen molar-refractivity contribution in [2.45, 2.75) is 19.0 Å². The number of alkyl halides is 3. The summed E-state index contributed by atoms with van der Waals surface area (Å²) in [6, 6.07) is 7.26. The number of thioether (sulfide) groups is 1. The number of hydrogen-bond acceptors (Lipinski definition) is 4. The molecule has 1 amide bonds. The Hall–Kier alpha value is -1.25. The van der Waals surface area contributed by atoms with E-state index in [-0.39, 0.29) is 11.8 Å². The van der Waals surface area contributed by atoms with Gasteiger partial charge in [-0.2, -0.15) is 13.2 Å². The summed E-state index contributed by atoms with van der Waals surface area (Å²) in [6.07, 6.45) is 0. The monoisotopic (exact) mass is 361 g/mol. The predicted octanol–water partition coefficient (Wildman–Crippen LogP) is 3.02. The van der Waals surface area contributed by atoms with Crippen molar-refractivity contribution in [3.63, 3.8) is 0 Å². The molecule has 0 radical (unpaired) electrons. The van der Waals surface area contributed by atoms with E-state index in [0.29, 0.717) is 5.69 Å². The summed E-state index contributed by atoms with van der Waals surface area (Å²) in [4.78, 5) is 16.3. The van der Waals surface area contributed by atoms with Crippen LogP contribution in [0.1, 0.15) is 12.5 Å². The van der Waals surface area contributed by atoms with Crippen LogP contribution in [0.25, 0.3) is 0 Å². The Balaban J connectivity index is 1.77. The SMILES string of the molecule is CCN1CCN(Cc2ccc(NC(=O)CSC(F)(F)F)cc2)CC1. The van der Waals surface area contributed by atoms with Crippen molar-refractivity contribution in [1.29, 1.82) is 0 Å². The molecule has 1 N–H and O–H groups in total. The number of halogens is 3. The summed E-state index contributed by atoms with van der Waals surface area (Å²) in [5.74, 6) is -1.28. The average Bonchev–Trinajstić information content (AvgIpc) is 2.55. The predicted molar refractivity (Wildman–Crippen MR) is 91.0 cm³/mol. The van der Waals surface area contributed by atoms with Gasteiger partial charge in [0.25, 0.3) is 0 Å². The van der Waals surface area contributed by atoms with Crippen LogP contribution >= 0.6 is 11.8 Å². The highest BCUT2D eigenvalue weighted by molar-refractivity contribution is 8.00. The highest BCUT2D eigenvalue weighted by Gasteiger charge is 2.29. The normalized spacial score (nSPS) is 17.0.